The van der Waals surface area contributed by atoms with Crippen molar-refractivity contribution < 1.29 is 9.21 Å². The molecule has 1 amide bonds. The summed E-state index contributed by atoms with van der Waals surface area (Å²) in [6.07, 6.45) is 2.46. The van der Waals surface area contributed by atoms with Crippen molar-refractivity contribution in [1.82, 2.24) is 10.3 Å². The number of hydrogen-bond acceptors (Lipinski definition) is 4. The number of rotatable bonds is 2. The molecule has 0 radical (unpaired) electrons. The largest absolute Gasteiger partial charge is 0.432 e. The second-order valence-electron chi connectivity index (χ2n) is 5.07. The Morgan fingerprint density at radius 3 is 2.75 bits per heavy atom. The molecule has 2 heterocycles. The molecule has 16 heavy (non-hydrogen) atoms. The zero-order valence-electron chi connectivity index (χ0n) is 9.83. The number of hydrogen-bond donors (Lipinski definition) is 2. The molecule has 0 bridgehead atoms. The first-order chi connectivity index (χ1) is 7.47. The quantitative estimate of drug-likeness (QED) is 0.792. The molecule has 88 valence electrons. The third-order valence-corrected chi connectivity index (χ3v) is 2.64. The van der Waals surface area contributed by atoms with E-state index in [9.17, 15) is 4.79 Å². The van der Waals surface area contributed by atoms with Crippen molar-refractivity contribution in [3.05, 3.63) is 12.0 Å². The normalized spacial score (nSPS) is 20.3. The van der Waals surface area contributed by atoms with Gasteiger partial charge in [0.25, 0.3) is 0 Å². The van der Waals surface area contributed by atoms with Gasteiger partial charge in [0.15, 0.2) is 0 Å². The highest BCUT2D eigenvalue weighted by Gasteiger charge is 2.26. The minimum Gasteiger partial charge on any atom is -0.432 e. The van der Waals surface area contributed by atoms with Crippen LogP contribution >= 0.6 is 0 Å². The fourth-order valence-electron chi connectivity index (χ4n) is 1.38. The first-order valence-corrected chi connectivity index (χ1v) is 5.47. The molecule has 1 aliphatic rings. The summed E-state index contributed by atoms with van der Waals surface area (Å²) < 4.78 is 5.21. The molecule has 0 aliphatic carbocycles. The highest BCUT2D eigenvalue weighted by molar-refractivity contribution is 5.93. The predicted octanol–water partition coefficient (Wildman–Crippen LogP) is 1.27. The first kappa shape index (κ1) is 11.1. The molecule has 1 saturated heterocycles. The summed E-state index contributed by atoms with van der Waals surface area (Å²) in [7, 11) is 0. The molecule has 1 fully saturated rings. The Hall–Kier alpha value is -1.36. The monoisotopic (exact) mass is 223 g/mol. The second kappa shape index (κ2) is 3.90. The lowest BCUT2D eigenvalue weighted by Crippen LogP contribution is -2.50. The number of nitrogens with zero attached hydrogens (tertiary/aromatic N) is 1. The summed E-state index contributed by atoms with van der Waals surface area (Å²) in [5, 5.41) is 5.68. The number of carbonyl (C=O) groups is 1. The molecular weight excluding hydrogens is 206 g/mol. The molecule has 5 heteroatoms. The van der Waals surface area contributed by atoms with E-state index in [-0.39, 0.29) is 23.4 Å². The molecule has 2 rings (SSSR count). The van der Waals surface area contributed by atoms with E-state index in [1.807, 2.05) is 20.8 Å². The van der Waals surface area contributed by atoms with Gasteiger partial charge in [-0.1, -0.05) is 20.8 Å². The number of aromatic nitrogens is 1. The second-order valence-corrected chi connectivity index (χ2v) is 5.07. The van der Waals surface area contributed by atoms with Gasteiger partial charge in [0.2, 0.25) is 5.91 Å². The maximum Gasteiger partial charge on any atom is 0.301 e. The Morgan fingerprint density at radius 2 is 2.31 bits per heavy atom. The Balaban J connectivity index is 1.99. The fourth-order valence-corrected chi connectivity index (χ4v) is 1.38. The van der Waals surface area contributed by atoms with Gasteiger partial charge in [-0.25, -0.2) is 0 Å². The zero-order chi connectivity index (χ0) is 11.8. The van der Waals surface area contributed by atoms with Crippen molar-refractivity contribution in [3.8, 4) is 0 Å². The van der Waals surface area contributed by atoms with Crippen LogP contribution in [0.25, 0.3) is 0 Å². The molecule has 1 atom stereocenters. The Kier molecular flexibility index (Phi) is 2.71. The van der Waals surface area contributed by atoms with Crippen molar-refractivity contribution in [3.63, 3.8) is 0 Å². The number of amides is 1. The molecule has 1 aromatic rings. The van der Waals surface area contributed by atoms with Crippen LogP contribution in [0, 0.1) is 0 Å². The van der Waals surface area contributed by atoms with Gasteiger partial charge in [0.1, 0.15) is 6.26 Å². The average Bonchev–Trinajstić information content (AvgIpc) is 2.47. The lowest BCUT2D eigenvalue weighted by atomic mass is 9.93. The van der Waals surface area contributed by atoms with Crippen molar-refractivity contribution in [2.45, 2.75) is 38.6 Å². The lowest BCUT2D eigenvalue weighted by molar-refractivity contribution is -0.119. The number of oxazole rings is 1. The Morgan fingerprint density at radius 1 is 1.62 bits per heavy atom. The van der Waals surface area contributed by atoms with Crippen LogP contribution < -0.4 is 10.6 Å². The molecule has 0 aromatic carbocycles. The van der Waals surface area contributed by atoms with E-state index < -0.39 is 0 Å². The molecule has 0 saturated carbocycles. The van der Waals surface area contributed by atoms with Crippen molar-refractivity contribution in [2.24, 2.45) is 0 Å². The topological polar surface area (TPSA) is 67.2 Å². The molecule has 5 nitrogen and oxygen atoms in total. The number of carbonyl (C=O) groups excluding carboxylic acids is 1. The van der Waals surface area contributed by atoms with Gasteiger partial charge in [0.05, 0.1) is 11.7 Å². The number of anilines is 1. The molecule has 1 unspecified atom stereocenters. The van der Waals surface area contributed by atoms with Crippen LogP contribution in [-0.2, 0) is 10.2 Å². The summed E-state index contributed by atoms with van der Waals surface area (Å²) >= 11 is 0. The summed E-state index contributed by atoms with van der Waals surface area (Å²) in [5.74, 6) is -0.0754. The van der Waals surface area contributed by atoms with Gasteiger partial charge in [-0.05, 0) is 13.0 Å². The maximum absolute atomic E-state index is 11.6. The van der Waals surface area contributed by atoms with Crippen LogP contribution in [-0.4, -0.2) is 23.5 Å². The average molecular weight is 223 g/mol. The van der Waals surface area contributed by atoms with E-state index >= 15 is 0 Å². The smallest absolute Gasteiger partial charge is 0.301 e. The SMILES string of the molecule is CC(C)(C)c1coc(NC(=O)C2CCN2)n1. The van der Waals surface area contributed by atoms with E-state index in [2.05, 4.69) is 15.6 Å². The van der Waals surface area contributed by atoms with Crippen LogP contribution in [0.1, 0.15) is 32.9 Å². The molecular formula is C11H17N3O2. The fraction of sp³-hybridized carbons (Fsp3) is 0.636. The van der Waals surface area contributed by atoms with Gasteiger partial charge < -0.3 is 9.73 Å². The third-order valence-electron chi connectivity index (χ3n) is 2.64. The van der Waals surface area contributed by atoms with Crippen LogP contribution in [0.3, 0.4) is 0 Å². The summed E-state index contributed by atoms with van der Waals surface area (Å²) in [5.41, 5.74) is 0.769. The van der Waals surface area contributed by atoms with E-state index in [0.717, 1.165) is 18.7 Å². The van der Waals surface area contributed by atoms with Gasteiger partial charge >= 0.3 is 6.01 Å². The van der Waals surface area contributed by atoms with E-state index in [4.69, 9.17) is 4.42 Å². The van der Waals surface area contributed by atoms with Crippen molar-refractivity contribution >= 4 is 11.9 Å². The minimum absolute atomic E-state index is 0.0683. The Labute approximate surface area is 94.6 Å². The van der Waals surface area contributed by atoms with Crippen LogP contribution in [0.4, 0.5) is 6.01 Å². The van der Waals surface area contributed by atoms with Gasteiger partial charge in [-0.3, -0.25) is 10.1 Å². The van der Waals surface area contributed by atoms with Gasteiger partial charge in [0, 0.05) is 5.41 Å². The summed E-state index contributed by atoms with van der Waals surface area (Å²) in [6.45, 7) is 7.04. The van der Waals surface area contributed by atoms with Crippen molar-refractivity contribution in [1.29, 1.82) is 0 Å². The predicted molar refractivity (Wildman–Crippen MR) is 60.2 cm³/mol. The summed E-state index contributed by atoms with van der Waals surface area (Å²) in [4.78, 5) is 15.8. The van der Waals surface area contributed by atoms with E-state index in [0.29, 0.717) is 0 Å². The third kappa shape index (κ3) is 2.24. The van der Waals surface area contributed by atoms with E-state index in [1.54, 1.807) is 6.26 Å². The molecule has 2 N–H and O–H groups in total. The molecule has 0 spiro atoms. The van der Waals surface area contributed by atoms with Gasteiger partial charge in [-0.15, -0.1) is 0 Å². The highest BCUT2D eigenvalue weighted by Crippen LogP contribution is 2.22. The van der Waals surface area contributed by atoms with E-state index in [1.165, 1.54) is 0 Å². The van der Waals surface area contributed by atoms with Crippen molar-refractivity contribution in [2.75, 3.05) is 11.9 Å². The van der Waals surface area contributed by atoms with Gasteiger partial charge in [-0.2, -0.15) is 4.98 Å². The standard InChI is InChI=1S/C11H17N3O2/c1-11(2,3)8-6-16-10(13-8)14-9(15)7-4-5-12-7/h6-7,12H,4-5H2,1-3H3,(H,13,14,15). The maximum atomic E-state index is 11.6. The minimum atomic E-state index is -0.0926. The number of nitrogens with one attached hydrogen (secondary N) is 2. The lowest BCUT2D eigenvalue weighted by Gasteiger charge is -2.25. The highest BCUT2D eigenvalue weighted by atomic mass is 16.4. The first-order valence-electron chi connectivity index (χ1n) is 5.47. The Bertz CT molecular complexity index is 388. The zero-order valence-corrected chi connectivity index (χ0v) is 9.83. The summed E-state index contributed by atoms with van der Waals surface area (Å²) in [6, 6.07) is 0.189. The van der Waals surface area contributed by atoms with Crippen LogP contribution in [0.15, 0.2) is 10.7 Å². The van der Waals surface area contributed by atoms with Crippen LogP contribution in [0.2, 0.25) is 0 Å². The van der Waals surface area contributed by atoms with Crippen LogP contribution in [0.5, 0.6) is 0 Å². The molecule has 1 aliphatic heterocycles. The molecule has 1 aromatic heterocycles.